The van der Waals surface area contributed by atoms with Crippen LogP contribution in [0.25, 0.3) is 0 Å². The number of aliphatic carboxylic acids is 1. The van der Waals surface area contributed by atoms with Gasteiger partial charge in [0.15, 0.2) is 0 Å². The Balaban J connectivity index is 2.25. The van der Waals surface area contributed by atoms with E-state index in [0.717, 1.165) is 22.3 Å². The summed E-state index contributed by atoms with van der Waals surface area (Å²) >= 11 is 0. The fourth-order valence-electron chi connectivity index (χ4n) is 2.45. The summed E-state index contributed by atoms with van der Waals surface area (Å²) in [5.74, 6) is -0.843. The van der Waals surface area contributed by atoms with Crippen LogP contribution in [-0.2, 0) is 18.4 Å². The highest BCUT2D eigenvalue weighted by Gasteiger charge is 2.25. The van der Waals surface area contributed by atoms with Crippen molar-refractivity contribution in [2.24, 2.45) is 7.05 Å². The van der Waals surface area contributed by atoms with E-state index in [1.165, 1.54) is 0 Å². The monoisotopic (exact) mass is 287 g/mol. The first-order valence-electron chi connectivity index (χ1n) is 6.86. The number of nitrogens with zero attached hydrogens (tertiary/aromatic N) is 3. The lowest BCUT2D eigenvalue weighted by Gasteiger charge is -2.25. The summed E-state index contributed by atoms with van der Waals surface area (Å²) in [7, 11) is 3.67. The predicted octanol–water partition coefficient (Wildman–Crippen LogP) is 2.29. The van der Waals surface area contributed by atoms with Gasteiger partial charge in [-0.2, -0.15) is 5.10 Å². The molecule has 2 aromatic rings. The molecular formula is C16H21N3O2. The van der Waals surface area contributed by atoms with Crippen LogP contribution in [0.4, 0.5) is 0 Å². The van der Waals surface area contributed by atoms with Gasteiger partial charge in [-0.25, -0.2) is 0 Å². The van der Waals surface area contributed by atoms with Crippen LogP contribution in [0.1, 0.15) is 28.3 Å². The van der Waals surface area contributed by atoms with Gasteiger partial charge in [0.05, 0.1) is 6.20 Å². The average molecular weight is 287 g/mol. The summed E-state index contributed by atoms with van der Waals surface area (Å²) in [5.41, 5.74) is 4.07. The maximum atomic E-state index is 11.7. The number of hydrogen-bond acceptors (Lipinski definition) is 3. The second kappa shape index (κ2) is 6.10. The van der Waals surface area contributed by atoms with E-state index in [4.69, 9.17) is 0 Å². The van der Waals surface area contributed by atoms with Gasteiger partial charge >= 0.3 is 5.97 Å². The maximum Gasteiger partial charge on any atom is 0.325 e. The number of aromatic nitrogens is 2. The smallest absolute Gasteiger partial charge is 0.325 e. The van der Waals surface area contributed by atoms with E-state index in [9.17, 15) is 9.90 Å². The molecule has 1 atom stereocenters. The Bertz CT molecular complexity index is 649. The molecule has 1 heterocycles. The molecule has 112 valence electrons. The highest BCUT2D eigenvalue weighted by molar-refractivity contribution is 5.75. The Morgan fingerprint density at radius 3 is 2.62 bits per heavy atom. The summed E-state index contributed by atoms with van der Waals surface area (Å²) in [5, 5.41) is 13.7. The quantitative estimate of drug-likeness (QED) is 0.916. The van der Waals surface area contributed by atoms with Gasteiger partial charge in [0.1, 0.15) is 6.04 Å². The van der Waals surface area contributed by atoms with Gasteiger partial charge in [-0.05, 0) is 37.6 Å². The Morgan fingerprint density at radius 1 is 1.38 bits per heavy atom. The molecule has 0 fully saturated rings. The molecule has 0 amide bonds. The van der Waals surface area contributed by atoms with Crippen LogP contribution in [-0.4, -0.2) is 32.8 Å². The first kappa shape index (κ1) is 15.3. The van der Waals surface area contributed by atoms with Crippen LogP contribution < -0.4 is 0 Å². The van der Waals surface area contributed by atoms with Crippen molar-refractivity contribution in [1.29, 1.82) is 0 Å². The SMILES string of the molecule is Cc1ccc([C@H](C(=O)O)N(C)Cc2cnn(C)c2)cc1C. The molecule has 0 saturated carbocycles. The molecular weight excluding hydrogens is 266 g/mol. The summed E-state index contributed by atoms with van der Waals surface area (Å²) in [6.45, 7) is 4.56. The zero-order valence-electron chi connectivity index (χ0n) is 12.9. The molecule has 21 heavy (non-hydrogen) atoms. The second-order valence-electron chi connectivity index (χ2n) is 5.52. The number of aryl methyl sites for hydroxylation is 3. The molecule has 0 unspecified atom stereocenters. The molecule has 0 bridgehead atoms. The molecule has 1 aromatic heterocycles. The molecule has 1 aromatic carbocycles. The molecule has 1 N–H and O–H groups in total. The molecule has 0 spiro atoms. The van der Waals surface area contributed by atoms with Gasteiger partial charge in [0.25, 0.3) is 0 Å². The van der Waals surface area contributed by atoms with Crippen molar-refractivity contribution in [2.75, 3.05) is 7.05 Å². The fraction of sp³-hybridized carbons (Fsp3) is 0.375. The van der Waals surface area contributed by atoms with Gasteiger partial charge in [0, 0.05) is 25.4 Å². The highest BCUT2D eigenvalue weighted by Crippen LogP contribution is 2.23. The molecule has 0 aliphatic heterocycles. The van der Waals surface area contributed by atoms with Gasteiger partial charge in [-0.1, -0.05) is 18.2 Å². The number of carboxylic acid groups (broad SMARTS) is 1. The van der Waals surface area contributed by atoms with Crippen LogP contribution in [0.15, 0.2) is 30.6 Å². The first-order valence-corrected chi connectivity index (χ1v) is 6.86. The average Bonchev–Trinajstić information content (AvgIpc) is 2.79. The van der Waals surface area contributed by atoms with Crippen molar-refractivity contribution in [2.45, 2.75) is 26.4 Å². The lowest BCUT2D eigenvalue weighted by molar-refractivity contribution is -0.143. The topological polar surface area (TPSA) is 58.4 Å². The van der Waals surface area contributed by atoms with Gasteiger partial charge < -0.3 is 5.11 Å². The number of carbonyl (C=O) groups is 1. The van der Waals surface area contributed by atoms with Gasteiger partial charge in [-0.15, -0.1) is 0 Å². The van der Waals surface area contributed by atoms with Crippen molar-refractivity contribution in [1.82, 2.24) is 14.7 Å². The largest absolute Gasteiger partial charge is 0.480 e. The Hall–Kier alpha value is -2.14. The Labute approximate surface area is 124 Å². The zero-order valence-corrected chi connectivity index (χ0v) is 12.9. The van der Waals surface area contributed by atoms with Gasteiger partial charge in [-0.3, -0.25) is 14.4 Å². The van der Waals surface area contributed by atoms with E-state index < -0.39 is 12.0 Å². The van der Waals surface area contributed by atoms with Crippen LogP contribution >= 0.6 is 0 Å². The molecule has 0 aliphatic carbocycles. The summed E-state index contributed by atoms with van der Waals surface area (Å²) in [6.07, 6.45) is 3.66. The van der Waals surface area contributed by atoms with E-state index in [0.29, 0.717) is 6.54 Å². The van der Waals surface area contributed by atoms with Crippen molar-refractivity contribution >= 4 is 5.97 Å². The summed E-state index contributed by atoms with van der Waals surface area (Å²) in [4.78, 5) is 13.5. The van der Waals surface area contributed by atoms with Crippen LogP contribution in [0.5, 0.6) is 0 Å². The number of rotatable bonds is 5. The van der Waals surface area contributed by atoms with E-state index in [1.807, 2.05) is 57.2 Å². The molecule has 0 aliphatic rings. The first-order chi connectivity index (χ1) is 9.88. The third-order valence-corrected chi connectivity index (χ3v) is 3.71. The minimum absolute atomic E-state index is 0.539. The second-order valence-corrected chi connectivity index (χ2v) is 5.52. The van der Waals surface area contributed by atoms with Crippen molar-refractivity contribution < 1.29 is 9.90 Å². The van der Waals surface area contributed by atoms with E-state index >= 15 is 0 Å². The normalized spacial score (nSPS) is 12.6. The minimum atomic E-state index is -0.843. The van der Waals surface area contributed by atoms with Crippen LogP contribution in [0.3, 0.4) is 0 Å². The van der Waals surface area contributed by atoms with Crippen LogP contribution in [0, 0.1) is 13.8 Å². The molecule has 2 rings (SSSR count). The standard InChI is InChI=1S/C16H21N3O2/c1-11-5-6-14(7-12(11)2)15(16(20)21)18(3)9-13-8-17-19(4)10-13/h5-8,10,15H,9H2,1-4H3,(H,20,21)/t15-/m1/s1. The molecule has 0 radical (unpaired) electrons. The highest BCUT2D eigenvalue weighted by atomic mass is 16.4. The van der Waals surface area contributed by atoms with E-state index in [2.05, 4.69) is 5.10 Å². The Kier molecular flexibility index (Phi) is 4.43. The van der Waals surface area contributed by atoms with Crippen molar-refractivity contribution in [3.63, 3.8) is 0 Å². The van der Waals surface area contributed by atoms with Crippen molar-refractivity contribution in [3.05, 3.63) is 52.8 Å². The number of carboxylic acids is 1. The van der Waals surface area contributed by atoms with Gasteiger partial charge in [0.2, 0.25) is 0 Å². The van der Waals surface area contributed by atoms with E-state index in [-0.39, 0.29) is 0 Å². The fourth-order valence-corrected chi connectivity index (χ4v) is 2.45. The lowest BCUT2D eigenvalue weighted by Crippen LogP contribution is -2.30. The lowest BCUT2D eigenvalue weighted by atomic mass is 10.00. The minimum Gasteiger partial charge on any atom is -0.480 e. The summed E-state index contributed by atoms with van der Waals surface area (Å²) < 4.78 is 1.72. The van der Waals surface area contributed by atoms with E-state index in [1.54, 1.807) is 10.9 Å². The van der Waals surface area contributed by atoms with Crippen LogP contribution in [0.2, 0.25) is 0 Å². The zero-order chi connectivity index (χ0) is 15.6. The van der Waals surface area contributed by atoms with Crippen molar-refractivity contribution in [3.8, 4) is 0 Å². The maximum absolute atomic E-state index is 11.7. The molecule has 0 saturated heterocycles. The number of benzene rings is 1. The Morgan fingerprint density at radius 2 is 2.10 bits per heavy atom. The predicted molar refractivity (Wildman–Crippen MR) is 81.0 cm³/mol. The number of likely N-dealkylation sites (N-methyl/N-ethyl adjacent to an activating group) is 1. The summed E-state index contributed by atoms with van der Waals surface area (Å²) in [6, 6.07) is 5.15. The molecule has 5 heteroatoms. The third-order valence-electron chi connectivity index (χ3n) is 3.71. The molecule has 5 nitrogen and oxygen atoms in total. The number of hydrogen-bond donors (Lipinski definition) is 1. The third kappa shape index (κ3) is 3.49.